The van der Waals surface area contributed by atoms with Crippen LogP contribution in [0.5, 0.6) is 11.5 Å². The van der Waals surface area contributed by atoms with Gasteiger partial charge in [0.2, 0.25) is 0 Å². The standard InChI is InChI=1S/C12H14ClF2NO2/c1-17-8-4-3-7(9(13)10(8)18-2)11(16)5-12(14,15)6-11/h3-4H,5-6,16H2,1-2H3. The fourth-order valence-electron chi connectivity index (χ4n) is 2.34. The van der Waals surface area contributed by atoms with Gasteiger partial charge in [-0.25, -0.2) is 8.78 Å². The van der Waals surface area contributed by atoms with Gasteiger partial charge in [-0.2, -0.15) is 0 Å². The zero-order chi connectivity index (χ0) is 13.6. The molecule has 0 saturated heterocycles. The summed E-state index contributed by atoms with van der Waals surface area (Å²) in [6.45, 7) is 0. The Bertz CT molecular complexity index is 471. The van der Waals surface area contributed by atoms with E-state index in [1.54, 1.807) is 12.1 Å². The number of nitrogens with two attached hydrogens (primary N) is 1. The number of hydrogen-bond acceptors (Lipinski definition) is 3. The van der Waals surface area contributed by atoms with Crippen molar-refractivity contribution in [3.05, 3.63) is 22.7 Å². The lowest BCUT2D eigenvalue weighted by Crippen LogP contribution is -2.55. The Morgan fingerprint density at radius 3 is 2.28 bits per heavy atom. The molecule has 0 amide bonds. The molecule has 0 unspecified atom stereocenters. The van der Waals surface area contributed by atoms with E-state index in [0.29, 0.717) is 17.1 Å². The van der Waals surface area contributed by atoms with Crippen LogP contribution in [0.15, 0.2) is 12.1 Å². The van der Waals surface area contributed by atoms with Crippen LogP contribution in [-0.2, 0) is 5.54 Å². The van der Waals surface area contributed by atoms with Crippen LogP contribution in [-0.4, -0.2) is 20.1 Å². The van der Waals surface area contributed by atoms with E-state index in [1.807, 2.05) is 0 Å². The van der Waals surface area contributed by atoms with Gasteiger partial charge in [-0.3, -0.25) is 0 Å². The molecule has 1 aliphatic carbocycles. The van der Waals surface area contributed by atoms with Crippen molar-refractivity contribution in [3.63, 3.8) is 0 Å². The van der Waals surface area contributed by atoms with Gasteiger partial charge in [-0.1, -0.05) is 17.7 Å². The van der Waals surface area contributed by atoms with E-state index < -0.39 is 24.3 Å². The number of methoxy groups -OCH3 is 2. The summed E-state index contributed by atoms with van der Waals surface area (Å²) in [6, 6.07) is 3.23. The molecule has 6 heteroatoms. The van der Waals surface area contributed by atoms with E-state index in [0.717, 1.165) is 0 Å². The van der Waals surface area contributed by atoms with Crippen LogP contribution in [0, 0.1) is 0 Å². The van der Waals surface area contributed by atoms with Gasteiger partial charge in [-0.05, 0) is 11.6 Å². The molecular weight excluding hydrogens is 264 g/mol. The van der Waals surface area contributed by atoms with E-state index in [2.05, 4.69) is 0 Å². The molecule has 0 radical (unpaired) electrons. The second-order valence-corrected chi connectivity index (χ2v) is 4.91. The summed E-state index contributed by atoms with van der Waals surface area (Å²) in [5.41, 5.74) is 5.32. The number of rotatable bonds is 3. The zero-order valence-electron chi connectivity index (χ0n) is 10.1. The summed E-state index contributed by atoms with van der Waals surface area (Å²) in [7, 11) is 2.91. The number of benzene rings is 1. The third kappa shape index (κ3) is 2.01. The average molecular weight is 278 g/mol. The topological polar surface area (TPSA) is 44.5 Å². The van der Waals surface area contributed by atoms with Crippen molar-refractivity contribution in [1.29, 1.82) is 0 Å². The van der Waals surface area contributed by atoms with Crippen LogP contribution in [0.3, 0.4) is 0 Å². The minimum Gasteiger partial charge on any atom is -0.493 e. The highest BCUT2D eigenvalue weighted by Crippen LogP contribution is 2.53. The van der Waals surface area contributed by atoms with Crippen molar-refractivity contribution in [2.75, 3.05) is 14.2 Å². The minimum absolute atomic E-state index is 0.231. The molecule has 0 atom stereocenters. The molecular formula is C12H14ClF2NO2. The number of alkyl halides is 2. The minimum atomic E-state index is -2.72. The van der Waals surface area contributed by atoms with Crippen LogP contribution < -0.4 is 15.2 Å². The molecule has 1 aliphatic rings. The van der Waals surface area contributed by atoms with Gasteiger partial charge in [0.1, 0.15) is 0 Å². The maximum atomic E-state index is 13.0. The number of halogens is 3. The van der Waals surface area contributed by atoms with Gasteiger partial charge in [0.05, 0.1) is 24.8 Å². The second-order valence-electron chi connectivity index (χ2n) is 4.53. The van der Waals surface area contributed by atoms with E-state index in [-0.39, 0.29) is 5.02 Å². The predicted octanol–water partition coefficient (Wildman–Crippen LogP) is 2.94. The highest BCUT2D eigenvalue weighted by Gasteiger charge is 2.56. The molecule has 2 rings (SSSR count). The molecule has 2 N–H and O–H groups in total. The summed E-state index contributed by atoms with van der Waals surface area (Å²) in [6.07, 6.45) is -0.815. The van der Waals surface area contributed by atoms with Gasteiger partial charge in [0.15, 0.2) is 11.5 Å². The first kappa shape index (κ1) is 13.4. The lowest BCUT2D eigenvalue weighted by molar-refractivity contribution is -0.125. The Kier molecular flexibility index (Phi) is 3.15. The first-order valence-electron chi connectivity index (χ1n) is 5.41. The second kappa shape index (κ2) is 4.24. The SMILES string of the molecule is COc1ccc(C2(N)CC(F)(F)C2)c(Cl)c1OC. The van der Waals surface area contributed by atoms with Crippen molar-refractivity contribution in [1.82, 2.24) is 0 Å². The van der Waals surface area contributed by atoms with Gasteiger partial charge in [0, 0.05) is 12.8 Å². The monoisotopic (exact) mass is 277 g/mol. The predicted molar refractivity (Wildman–Crippen MR) is 64.6 cm³/mol. The van der Waals surface area contributed by atoms with Crippen molar-refractivity contribution >= 4 is 11.6 Å². The first-order valence-corrected chi connectivity index (χ1v) is 5.78. The van der Waals surface area contributed by atoms with Crippen molar-refractivity contribution in [3.8, 4) is 11.5 Å². The Balaban J connectivity index is 2.42. The van der Waals surface area contributed by atoms with Crippen LogP contribution in [0.4, 0.5) is 8.78 Å². The summed E-state index contributed by atoms with van der Waals surface area (Å²) < 4.78 is 36.2. The van der Waals surface area contributed by atoms with Crippen LogP contribution in [0.25, 0.3) is 0 Å². The molecule has 0 aromatic heterocycles. The largest absolute Gasteiger partial charge is 0.493 e. The first-order chi connectivity index (χ1) is 8.33. The molecule has 1 fully saturated rings. The van der Waals surface area contributed by atoms with E-state index in [1.165, 1.54) is 14.2 Å². The number of ether oxygens (including phenoxy) is 2. The highest BCUT2D eigenvalue weighted by molar-refractivity contribution is 6.33. The average Bonchev–Trinajstić information content (AvgIpc) is 2.25. The molecule has 18 heavy (non-hydrogen) atoms. The molecule has 1 aromatic carbocycles. The molecule has 1 aromatic rings. The Hall–Kier alpha value is -1.07. The molecule has 0 heterocycles. The van der Waals surface area contributed by atoms with Gasteiger partial charge >= 0.3 is 0 Å². The van der Waals surface area contributed by atoms with Crippen LogP contribution in [0.1, 0.15) is 18.4 Å². The van der Waals surface area contributed by atoms with E-state index >= 15 is 0 Å². The Morgan fingerprint density at radius 1 is 1.22 bits per heavy atom. The molecule has 0 aliphatic heterocycles. The Labute approximate surface area is 109 Å². The van der Waals surface area contributed by atoms with E-state index in [9.17, 15) is 8.78 Å². The molecule has 1 saturated carbocycles. The lowest BCUT2D eigenvalue weighted by Gasteiger charge is -2.45. The van der Waals surface area contributed by atoms with Crippen LogP contribution in [0.2, 0.25) is 5.02 Å². The van der Waals surface area contributed by atoms with Crippen molar-refractivity contribution in [2.24, 2.45) is 5.73 Å². The molecule has 0 spiro atoms. The van der Waals surface area contributed by atoms with Gasteiger partial charge < -0.3 is 15.2 Å². The summed E-state index contributed by atoms with van der Waals surface area (Å²) in [5.74, 6) is -1.96. The third-order valence-corrected chi connectivity index (χ3v) is 3.54. The zero-order valence-corrected chi connectivity index (χ0v) is 10.9. The molecule has 3 nitrogen and oxygen atoms in total. The lowest BCUT2D eigenvalue weighted by atomic mass is 9.70. The van der Waals surface area contributed by atoms with E-state index in [4.69, 9.17) is 26.8 Å². The van der Waals surface area contributed by atoms with Gasteiger partial charge in [0.25, 0.3) is 5.92 Å². The molecule has 0 bridgehead atoms. The summed E-state index contributed by atoms with van der Waals surface area (Å²) in [5, 5.41) is 0.231. The van der Waals surface area contributed by atoms with Crippen LogP contribution >= 0.6 is 11.6 Å². The van der Waals surface area contributed by atoms with Gasteiger partial charge in [-0.15, -0.1) is 0 Å². The fraction of sp³-hybridized carbons (Fsp3) is 0.500. The summed E-state index contributed by atoms with van der Waals surface area (Å²) in [4.78, 5) is 0. The number of hydrogen-bond donors (Lipinski definition) is 1. The normalized spacial score (nSPS) is 20.1. The Morgan fingerprint density at radius 2 is 1.83 bits per heavy atom. The van der Waals surface area contributed by atoms with Crippen molar-refractivity contribution < 1.29 is 18.3 Å². The maximum absolute atomic E-state index is 13.0. The quantitative estimate of drug-likeness (QED) is 0.924. The smallest absolute Gasteiger partial charge is 0.252 e. The maximum Gasteiger partial charge on any atom is 0.252 e. The highest BCUT2D eigenvalue weighted by atomic mass is 35.5. The van der Waals surface area contributed by atoms with Crippen molar-refractivity contribution in [2.45, 2.75) is 24.3 Å². The third-order valence-electron chi connectivity index (χ3n) is 3.17. The summed E-state index contributed by atoms with van der Waals surface area (Å²) >= 11 is 6.15. The molecule has 100 valence electrons. The fourth-order valence-corrected chi connectivity index (χ4v) is 2.76.